The van der Waals surface area contributed by atoms with Crippen molar-refractivity contribution < 1.29 is 29.1 Å². The van der Waals surface area contributed by atoms with Crippen LogP contribution in [0.15, 0.2) is 65.9 Å². The highest BCUT2D eigenvalue weighted by Gasteiger charge is 2.60. The van der Waals surface area contributed by atoms with E-state index in [1.165, 1.54) is 29.2 Å². The second-order valence-corrected chi connectivity index (χ2v) is 8.23. The van der Waals surface area contributed by atoms with Gasteiger partial charge in [-0.15, -0.1) is 0 Å². The Morgan fingerprint density at radius 1 is 1.15 bits per heavy atom. The molecule has 0 aromatic heterocycles. The van der Waals surface area contributed by atoms with Crippen LogP contribution < -0.4 is 4.74 Å². The largest absolute Gasteiger partial charge is 0.489 e. The number of esters is 1. The van der Waals surface area contributed by atoms with Gasteiger partial charge in [0.25, 0.3) is 5.69 Å². The summed E-state index contributed by atoms with van der Waals surface area (Å²) in [6.45, 7) is 3.46. The molecule has 1 fully saturated rings. The van der Waals surface area contributed by atoms with Gasteiger partial charge < -0.3 is 19.5 Å². The summed E-state index contributed by atoms with van der Waals surface area (Å²) in [6.07, 6.45) is -0.840. The fourth-order valence-electron chi connectivity index (χ4n) is 4.43. The maximum atomic E-state index is 13.1. The number of aliphatic hydroxyl groups excluding tert-OH is 1. The predicted octanol–water partition coefficient (Wildman–Crippen LogP) is 2.83. The van der Waals surface area contributed by atoms with E-state index in [2.05, 4.69) is 0 Å². The summed E-state index contributed by atoms with van der Waals surface area (Å²) >= 11 is 0. The van der Waals surface area contributed by atoms with E-state index in [9.17, 15) is 24.8 Å². The van der Waals surface area contributed by atoms with Crippen LogP contribution >= 0.6 is 0 Å². The Morgan fingerprint density at radius 2 is 1.82 bits per heavy atom. The van der Waals surface area contributed by atoms with Gasteiger partial charge >= 0.3 is 5.97 Å². The van der Waals surface area contributed by atoms with Crippen LogP contribution in [0.3, 0.4) is 0 Å². The lowest BCUT2D eigenvalue weighted by Crippen LogP contribution is -2.63. The standard InChI is InChI=1S/C24H24N2O7/c1-14-19(13-32-18-6-4-3-5-7-18)22(25-21(14)20(15(2)27)23(25)28)24(29)33-12-16-8-10-17(11-9-16)26(30)31/h3-11,14-15,20-21,27H,12-13H2,1-2H3/t14-,15+,20+,21+/m0/s1. The number of hydrogen-bond donors (Lipinski definition) is 1. The molecule has 1 amide bonds. The maximum Gasteiger partial charge on any atom is 0.355 e. The van der Waals surface area contributed by atoms with E-state index in [1.807, 2.05) is 25.1 Å². The van der Waals surface area contributed by atoms with Crippen LogP contribution in [0.2, 0.25) is 0 Å². The number of non-ortho nitro benzene ring substituents is 1. The van der Waals surface area contributed by atoms with Gasteiger partial charge in [-0.2, -0.15) is 0 Å². The molecule has 9 heteroatoms. The van der Waals surface area contributed by atoms with E-state index >= 15 is 0 Å². The number of nitro groups is 1. The lowest BCUT2D eigenvalue weighted by Gasteiger charge is -2.46. The summed E-state index contributed by atoms with van der Waals surface area (Å²) < 4.78 is 11.3. The minimum Gasteiger partial charge on any atom is -0.489 e. The van der Waals surface area contributed by atoms with E-state index in [-0.39, 0.29) is 42.5 Å². The molecular weight excluding hydrogens is 428 g/mol. The lowest BCUT2D eigenvalue weighted by atomic mass is 9.78. The number of rotatable bonds is 8. The molecule has 2 aliphatic rings. The number of hydrogen-bond acceptors (Lipinski definition) is 7. The first-order chi connectivity index (χ1) is 15.8. The molecule has 0 bridgehead atoms. The highest BCUT2D eigenvalue weighted by Crippen LogP contribution is 2.47. The average molecular weight is 452 g/mol. The van der Waals surface area contributed by atoms with Crippen molar-refractivity contribution in [3.05, 3.63) is 81.5 Å². The van der Waals surface area contributed by atoms with Crippen LogP contribution in [0.1, 0.15) is 19.4 Å². The third-order valence-corrected chi connectivity index (χ3v) is 6.16. The second kappa shape index (κ2) is 9.03. The van der Waals surface area contributed by atoms with E-state index in [1.54, 1.807) is 19.1 Å². The van der Waals surface area contributed by atoms with E-state index in [0.29, 0.717) is 16.9 Å². The van der Waals surface area contributed by atoms with E-state index in [4.69, 9.17) is 9.47 Å². The number of aliphatic hydroxyl groups is 1. The van der Waals surface area contributed by atoms with Crippen LogP contribution in [0, 0.1) is 22.0 Å². The number of ether oxygens (including phenoxy) is 2. The number of para-hydroxylation sites is 1. The first-order valence-electron chi connectivity index (χ1n) is 10.6. The van der Waals surface area contributed by atoms with Crippen molar-refractivity contribution in [2.24, 2.45) is 11.8 Å². The van der Waals surface area contributed by atoms with Crippen LogP contribution in [-0.4, -0.2) is 45.6 Å². The number of nitro benzene ring substituents is 1. The third-order valence-electron chi connectivity index (χ3n) is 6.16. The van der Waals surface area contributed by atoms with Gasteiger partial charge in [0, 0.05) is 23.6 Å². The van der Waals surface area contributed by atoms with Crippen molar-refractivity contribution >= 4 is 17.6 Å². The zero-order valence-electron chi connectivity index (χ0n) is 18.2. The molecule has 9 nitrogen and oxygen atoms in total. The molecule has 33 heavy (non-hydrogen) atoms. The summed E-state index contributed by atoms with van der Waals surface area (Å²) in [6, 6.07) is 14.5. The quantitative estimate of drug-likeness (QED) is 0.283. The van der Waals surface area contributed by atoms with Gasteiger partial charge in [-0.05, 0) is 36.8 Å². The molecule has 1 saturated heterocycles. The molecule has 0 aliphatic carbocycles. The van der Waals surface area contributed by atoms with Crippen molar-refractivity contribution in [1.29, 1.82) is 0 Å². The lowest BCUT2D eigenvalue weighted by molar-refractivity contribution is -0.384. The topological polar surface area (TPSA) is 119 Å². The molecule has 2 aromatic rings. The summed E-state index contributed by atoms with van der Waals surface area (Å²) in [4.78, 5) is 37.5. The van der Waals surface area contributed by atoms with Gasteiger partial charge in [-0.1, -0.05) is 25.1 Å². The Hall–Kier alpha value is -3.72. The number of β-lactam (4-membered cyclic amide) rings is 1. The van der Waals surface area contributed by atoms with Gasteiger partial charge in [-0.25, -0.2) is 4.79 Å². The molecule has 4 rings (SSSR count). The van der Waals surface area contributed by atoms with Crippen LogP contribution in [0.4, 0.5) is 5.69 Å². The molecule has 0 spiro atoms. The molecule has 2 aromatic carbocycles. The summed E-state index contributed by atoms with van der Waals surface area (Å²) in [5, 5.41) is 20.9. The number of carbonyl (C=O) groups excluding carboxylic acids is 2. The Kier molecular flexibility index (Phi) is 6.15. The number of nitrogens with zero attached hydrogens (tertiary/aromatic N) is 2. The predicted molar refractivity (Wildman–Crippen MR) is 117 cm³/mol. The Morgan fingerprint density at radius 3 is 2.42 bits per heavy atom. The van der Waals surface area contributed by atoms with E-state index in [0.717, 1.165) is 0 Å². The zero-order chi connectivity index (χ0) is 23.7. The fraction of sp³-hybridized carbons (Fsp3) is 0.333. The molecule has 0 unspecified atom stereocenters. The van der Waals surface area contributed by atoms with Gasteiger partial charge in [0.2, 0.25) is 5.91 Å². The average Bonchev–Trinajstić information content (AvgIpc) is 3.04. The SMILES string of the molecule is C[C@@H](O)[C@H]1C(=O)N2C(C(=O)OCc3ccc([N+](=O)[O-])cc3)=C(COc3ccccc3)[C@H](C)[C@H]12. The monoisotopic (exact) mass is 452 g/mol. The van der Waals surface area contributed by atoms with Crippen molar-refractivity contribution in [2.45, 2.75) is 32.6 Å². The molecular formula is C24H24N2O7. The van der Waals surface area contributed by atoms with Crippen LogP contribution in [0.25, 0.3) is 0 Å². The number of benzene rings is 2. The number of carbonyl (C=O) groups is 2. The second-order valence-electron chi connectivity index (χ2n) is 8.23. The molecule has 1 N–H and O–H groups in total. The van der Waals surface area contributed by atoms with Crippen molar-refractivity contribution in [3.63, 3.8) is 0 Å². The van der Waals surface area contributed by atoms with Crippen LogP contribution in [0.5, 0.6) is 5.75 Å². The Bertz CT molecular complexity index is 1100. The molecule has 2 heterocycles. The fourth-order valence-corrected chi connectivity index (χ4v) is 4.43. The van der Waals surface area contributed by atoms with Crippen LogP contribution in [-0.2, 0) is 20.9 Å². The summed E-state index contributed by atoms with van der Waals surface area (Å²) in [7, 11) is 0. The highest BCUT2D eigenvalue weighted by atomic mass is 16.6. The summed E-state index contributed by atoms with van der Waals surface area (Å²) in [5.74, 6) is -1.16. The molecule has 4 atom stereocenters. The van der Waals surface area contributed by atoms with Gasteiger partial charge in [0.1, 0.15) is 24.7 Å². The number of amides is 1. The minimum absolute atomic E-state index is 0.0593. The number of fused-ring (bicyclic) bond motifs is 1. The van der Waals surface area contributed by atoms with Crippen molar-refractivity contribution in [2.75, 3.05) is 6.61 Å². The summed E-state index contributed by atoms with van der Waals surface area (Å²) in [5.41, 5.74) is 1.30. The third kappa shape index (κ3) is 4.19. The first-order valence-corrected chi connectivity index (χ1v) is 10.6. The Balaban J connectivity index is 1.55. The van der Waals surface area contributed by atoms with Crippen molar-refractivity contribution in [1.82, 2.24) is 4.90 Å². The molecule has 2 aliphatic heterocycles. The van der Waals surface area contributed by atoms with E-state index < -0.39 is 22.9 Å². The first kappa shape index (κ1) is 22.5. The molecule has 0 saturated carbocycles. The molecule has 0 radical (unpaired) electrons. The van der Waals surface area contributed by atoms with Crippen molar-refractivity contribution in [3.8, 4) is 5.75 Å². The van der Waals surface area contributed by atoms with Gasteiger partial charge in [0.05, 0.1) is 23.0 Å². The Labute approximate surface area is 190 Å². The van der Waals surface area contributed by atoms with Gasteiger partial charge in [0.15, 0.2) is 0 Å². The normalized spacial score (nSPS) is 22.5. The zero-order valence-corrected chi connectivity index (χ0v) is 18.2. The molecule has 172 valence electrons. The minimum atomic E-state index is -0.840. The highest BCUT2D eigenvalue weighted by molar-refractivity contribution is 6.00. The smallest absolute Gasteiger partial charge is 0.355 e. The van der Waals surface area contributed by atoms with Gasteiger partial charge in [-0.3, -0.25) is 14.9 Å². The maximum absolute atomic E-state index is 13.1.